The van der Waals surface area contributed by atoms with Gasteiger partial charge in [0, 0.05) is 10.0 Å². The van der Waals surface area contributed by atoms with Crippen LogP contribution in [0, 0.1) is 0 Å². The van der Waals surface area contributed by atoms with Crippen molar-refractivity contribution in [2.24, 2.45) is 4.99 Å². The standard InChI is InChI=1S/C13H14BrN3O/c14-10-3-1-9(2-4-10)11-16-12(18)13(17-11)5-7-15-8-6-13/h1-4,15H,5-8H2,(H,16,17,18). The van der Waals surface area contributed by atoms with E-state index in [2.05, 4.69) is 31.6 Å². The Bertz CT molecular complexity index is 503. The van der Waals surface area contributed by atoms with Crippen LogP contribution in [0.25, 0.3) is 0 Å². The molecule has 0 unspecified atom stereocenters. The lowest BCUT2D eigenvalue weighted by Crippen LogP contribution is -2.47. The second-order valence-corrected chi connectivity index (χ2v) is 5.62. The number of amidine groups is 1. The molecule has 0 aliphatic carbocycles. The first-order chi connectivity index (χ1) is 8.70. The van der Waals surface area contributed by atoms with Gasteiger partial charge in [-0.15, -0.1) is 0 Å². The largest absolute Gasteiger partial charge is 0.317 e. The minimum absolute atomic E-state index is 0.0434. The summed E-state index contributed by atoms with van der Waals surface area (Å²) in [6, 6.07) is 7.83. The summed E-state index contributed by atoms with van der Waals surface area (Å²) in [6.07, 6.45) is 1.55. The third-order valence-corrected chi connectivity index (χ3v) is 4.06. The third kappa shape index (κ3) is 1.97. The van der Waals surface area contributed by atoms with Gasteiger partial charge in [-0.3, -0.25) is 9.79 Å². The van der Waals surface area contributed by atoms with Gasteiger partial charge in [0.2, 0.25) is 0 Å². The van der Waals surface area contributed by atoms with Crippen LogP contribution in [0.1, 0.15) is 18.4 Å². The first kappa shape index (κ1) is 11.9. The Kier molecular flexibility index (Phi) is 2.95. The number of carbonyl (C=O) groups excluding carboxylic acids is 1. The number of nitrogens with zero attached hydrogens (tertiary/aromatic N) is 1. The van der Waals surface area contributed by atoms with Crippen LogP contribution in [-0.4, -0.2) is 30.4 Å². The smallest absolute Gasteiger partial charge is 0.253 e. The van der Waals surface area contributed by atoms with E-state index in [0.29, 0.717) is 5.84 Å². The maximum absolute atomic E-state index is 12.1. The number of hydrogen-bond donors (Lipinski definition) is 2. The molecule has 1 saturated heterocycles. The molecule has 0 radical (unpaired) electrons. The summed E-state index contributed by atoms with van der Waals surface area (Å²) in [5.74, 6) is 0.747. The predicted molar refractivity (Wildman–Crippen MR) is 73.7 cm³/mol. The molecule has 2 heterocycles. The molecule has 1 aromatic carbocycles. The molecule has 0 bridgehead atoms. The Hall–Kier alpha value is -1.20. The molecule has 2 aliphatic heterocycles. The number of benzene rings is 1. The predicted octanol–water partition coefficient (Wildman–Crippen LogP) is 1.45. The van der Waals surface area contributed by atoms with Gasteiger partial charge in [-0.05, 0) is 38.1 Å². The van der Waals surface area contributed by atoms with E-state index in [0.717, 1.165) is 36.0 Å². The summed E-state index contributed by atoms with van der Waals surface area (Å²) in [6.45, 7) is 1.70. The van der Waals surface area contributed by atoms with Crippen LogP contribution in [-0.2, 0) is 4.79 Å². The second-order valence-electron chi connectivity index (χ2n) is 4.70. The molecule has 5 heteroatoms. The van der Waals surface area contributed by atoms with Crippen molar-refractivity contribution < 1.29 is 4.79 Å². The highest BCUT2D eigenvalue weighted by atomic mass is 79.9. The maximum atomic E-state index is 12.1. The lowest BCUT2D eigenvalue weighted by Gasteiger charge is -2.28. The van der Waals surface area contributed by atoms with Gasteiger partial charge in [0.1, 0.15) is 11.4 Å². The Morgan fingerprint density at radius 1 is 1.17 bits per heavy atom. The summed E-state index contributed by atoms with van der Waals surface area (Å²) in [7, 11) is 0. The topological polar surface area (TPSA) is 53.5 Å². The lowest BCUT2D eigenvalue weighted by molar-refractivity contribution is -0.124. The molecule has 0 saturated carbocycles. The van der Waals surface area contributed by atoms with E-state index in [1.54, 1.807) is 0 Å². The van der Waals surface area contributed by atoms with Crippen molar-refractivity contribution in [1.82, 2.24) is 10.6 Å². The monoisotopic (exact) mass is 307 g/mol. The quantitative estimate of drug-likeness (QED) is 0.825. The van der Waals surface area contributed by atoms with E-state index in [9.17, 15) is 4.79 Å². The van der Waals surface area contributed by atoms with Crippen molar-refractivity contribution in [2.75, 3.05) is 13.1 Å². The fourth-order valence-corrected chi connectivity index (χ4v) is 2.70. The molecule has 0 atom stereocenters. The molecule has 1 amide bonds. The van der Waals surface area contributed by atoms with Crippen LogP contribution in [0.3, 0.4) is 0 Å². The molecule has 1 spiro atoms. The average molecular weight is 308 g/mol. The number of hydrogen-bond acceptors (Lipinski definition) is 3. The van der Waals surface area contributed by atoms with Gasteiger partial charge in [0.05, 0.1) is 0 Å². The zero-order valence-corrected chi connectivity index (χ0v) is 11.5. The van der Waals surface area contributed by atoms with E-state index < -0.39 is 5.54 Å². The number of carbonyl (C=O) groups is 1. The summed E-state index contributed by atoms with van der Waals surface area (Å²) in [5, 5.41) is 6.18. The van der Waals surface area contributed by atoms with E-state index in [1.807, 2.05) is 24.3 Å². The number of aliphatic imine (C=N–C) groups is 1. The highest BCUT2D eigenvalue weighted by Gasteiger charge is 2.44. The summed E-state index contributed by atoms with van der Waals surface area (Å²) in [4.78, 5) is 16.8. The van der Waals surface area contributed by atoms with Crippen molar-refractivity contribution in [1.29, 1.82) is 0 Å². The van der Waals surface area contributed by atoms with Crippen molar-refractivity contribution in [3.63, 3.8) is 0 Å². The minimum atomic E-state index is -0.534. The van der Waals surface area contributed by atoms with Gasteiger partial charge in [-0.2, -0.15) is 0 Å². The Morgan fingerprint density at radius 2 is 1.83 bits per heavy atom. The van der Waals surface area contributed by atoms with E-state index in [1.165, 1.54) is 0 Å². The van der Waals surface area contributed by atoms with Crippen molar-refractivity contribution >= 4 is 27.7 Å². The van der Waals surface area contributed by atoms with Gasteiger partial charge in [0.15, 0.2) is 0 Å². The average Bonchev–Trinajstić information content (AvgIpc) is 2.69. The van der Waals surface area contributed by atoms with Crippen LogP contribution in [0.4, 0.5) is 0 Å². The molecule has 94 valence electrons. The Balaban J connectivity index is 1.92. The zero-order chi connectivity index (χ0) is 12.6. The number of nitrogens with one attached hydrogen (secondary N) is 2. The number of amides is 1. The van der Waals surface area contributed by atoms with E-state index in [4.69, 9.17) is 0 Å². The highest BCUT2D eigenvalue weighted by molar-refractivity contribution is 9.10. The van der Waals surface area contributed by atoms with Crippen molar-refractivity contribution in [3.8, 4) is 0 Å². The van der Waals surface area contributed by atoms with Crippen LogP contribution < -0.4 is 10.6 Å². The molecular weight excluding hydrogens is 294 g/mol. The van der Waals surface area contributed by atoms with E-state index >= 15 is 0 Å². The maximum Gasteiger partial charge on any atom is 0.253 e. The Labute approximate surface area is 114 Å². The normalized spacial score (nSPS) is 21.8. The summed E-state index contributed by atoms with van der Waals surface area (Å²) < 4.78 is 1.02. The van der Waals surface area contributed by atoms with Gasteiger partial charge in [-0.25, -0.2) is 0 Å². The lowest BCUT2D eigenvalue weighted by atomic mass is 9.89. The molecule has 3 rings (SSSR count). The van der Waals surface area contributed by atoms with Crippen molar-refractivity contribution in [3.05, 3.63) is 34.3 Å². The number of halogens is 1. The minimum Gasteiger partial charge on any atom is -0.317 e. The van der Waals surface area contributed by atoms with Gasteiger partial charge >= 0.3 is 0 Å². The molecular formula is C13H14BrN3O. The molecule has 1 aromatic rings. The van der Waals surface area contributed by atoms with Crippen molar-refractivity contribution in [2.45, 2.75) is 18.4 Å². The fourth-order valence-electron chi connectivity index (χ4n) is 2.44. The highest BCUT2D eigenvalue weighted by Crippen LogP contribution is 2.28. The van der Waals surface area contributed by atoms with Crippen LogP contribution in [0.2, 0.25) is 0 Å². The summed E-state index contributed by atoms with van der Waals surface area (Å²) >= 11 is 3.40. The molecule has 1 fully saturated rings. The number of piperidine rings is 1. The molecule has 18 heavy (non-hydrogen) atoms. The van der Waals surface area contributed by atoms with Gasteiger partial charge in [-0.1, -0.05) is 28.1 Å². The molecule has 2 N–H and O–H groups in total. The summed E-state index contributed by atoms with van der Waals surface area (Å²) in [5.41, 5.74) is 0.426. The molecule has 4 nitrogen and oxygen atoms in total. The fraction of sp³-hybridized carbons (Fsp3) is 0.385. The van der Waals surface area contributed by atoms with E-state index in [-0.39, 0.29) is 5.91 Å². The number of rotatable bonds is 1. The van der Waals surface area contributed by atoms with Crippen LogP contribution >= 0.6 is 15.9 Å². The second kappa shape index (κ2) is 4.48. The van der Waals surface area contributed by atoms with Crippen LogP contribution in [0.5, 0.6) is 0 Å². The SMILES string of the molecule is O=C1NC(c2ccc(Br)cc2)=NC12CCNCC2. The third-order valence-electron chi connectivity index (χ3n) is 3.53. The Morgan fingerprint density at radius 3 is 2.50 bits per heavy atom. The molecule has 0 aromatic heterocycles. The zero-order valence-electron chi connectivity index (χ0n) is 9.87. The molecule has 2 aliphatic rings. The first-order valence-electron chi connectivity index (χ1n) is 6.08. The first-order valence-corrected chi connectivity index (χ1v) is 6.87. The van der Waals surface area contributed by atoms with Crippen LogP contribution in [0.15, 0.2) is 33.7 Å². The van der Waals surface area contributed by atoms with Gasteiger partial charge < -0.3 is 10.6 Å². The van der Waals surface area contributed by atoms with Gasteiger partial charge in [0.25, 0.3) is 5.91 Å².